The van der Waals surface area contributed by atoms with Crippen LogP contribution < -0.4 is 20.9 Å². The Morgan fingerprint density at radius 3 is 2.43 bits per heavy atom. The van der Waals surface area contributed by atoms with Crippen LogP contribution in [0.3, 0.4) is 0 Å². The normalized spacial score (nSPS) is 19.1. The number of piperazine rings is 1. The fourth-order valence-electron chi connectivity index (χ4n) is 4.01. The molecule has 1 aliphatic heterocycles. The first kappa shape index (κ1) is 22.2. The molecule has 1 aromatic carbocycles. The lowest BCUT2D eigenvalue weighted by molar-refractivity contribution is -1.01. The van der Waals surface area contributed by atoms with Gasteiger partial charge in [0.25, 0.3) is 11.8 Å². The molecule has 2 heterocycles. The third-order valence-electron chi connectivity index (χ3n) is 5.65. The van der Waals surface area contributed by atoms with Crippen molar-refractivity contribution in [3.8, 4) is 0 Å². The fraction of sp³-hybridized carbons (Fsp3) is 0.391. The highest BCUT2D eigenvalue weighted by Crippen LogP contribution is 2.32. The number of carbonyl (C=O) groups is 2. The van der Waals surface area contributed by atoms with Gasteiger partial charge in [-0.1, -0.05) is 43.3 Å². The van der Waals surface area contributed by atoms with E-state index in [4.69, 9.17) is 5.73 Å². The first-order chi connectivity index (χ1) is 14.5. The van der Waals surface area contributed by atoms with E-state index in [1.54, 1.807) is 4.90 Å². The smallest absolute Gasteiger partial charge is 0.280 e. The first-order valence-electron chi connectivity index (χ1n) is 10.6. The number of hydrogen-bond donors (Lipinski definition) is 4. The number of amides is 2. The molecule has 2 aromatic rings. The number of primary amides is 1. The second-order valence-corrected chi connectivity index (χ2v) is 9.03. The van der Waals surface area contributed by atoms with Crippen molar-refractivity contribution in [2.75, 3.05) is 44.6 Å². The lowest BCUT2D eigenvalue weighted by Crippen LogP contribution is -3.28. The van der Waals surface area contributed by atoms with Crippen molar-refractivity contribution >= 4 is 34.2 Å². The predicted molar refractivity (Wildman–Crippen MR) is 122 cm³/mol. The second kappa shape index (κ2) is 10.5. The molecule has 160 valence electrons. The number of benzene rings is 1. The molecule has 1 aliphatic rings. The number of thiophene rings is 1. The minimum Gasteiger partial charge on any atom is -0.365 e. The van der Waals surface area contributed by atoms with E-state index in [1.807, 2.05) is 32.0 Å². The first-order valence-corrected chi connectivity index (χ1v) is 11.4. The molecule has 1 saturated heterocycles. The van der Waals surface area contributed by atoms with Gasteiger partial charge in [0.05, 0.1) is 12.1 Å². The monoisotopic (exact) mass is 428 g/mol. The number of anilines is 1. The number of nitrogens with one attached hydrogen (secondary N) is 3. The number of aryl methyl sites for hydroxylation is 1. The SMILES string of the molecule is CCc1c(C)sc(NC(=O)C[NH+]2CC[NH+](C/C=C/c3ccccc3)CC2)c1C(N)=O. The van der Waals surface area contributed by atoms with Crippen molar-refractivity contribution < 1.29 is 19.4 Å². The molecule has 5 N–H and O–H groups in total. The van der Waals surface area contributed by atoms with Crippen LogP contribution in [0.4, 0.5) is 5.00 Å². The van der Waals surface area contributed by atoms with Crippen molar-refractivity contribution in [3.63, 3.8) is 0 Å². The van der Waals surface area contributed by atoms with E-state index in [1.165, 1.54) is 21.8 Å². The molecule has 0 bridgehead atoms. The van der Waals surface area contributed by atoms with Crippen LogP contribution in [0.2, 0.25) is 0 Å². The maximum absolute atomic E-state index is 12.6. The Morgan fingerprint density at radius 1 is 1.13 bits per heavy atom. The molecule has 3 rings (SSSR count). The minimum absolute atomic E-state index is 0.0520. The zero-order chi connectivity index (χ0) is 21.5. The van der Waals surface area contributed by atoms with Gasteiger partial charge < -0.3 is 20.9 Å². The van der Waals surface area contributed by atoms with Gasteiger partial charge in [-0.15, -0.1) is 11.3 Å². The molecule has 2 amide bonds. The van der Waals surface area contributed by atoms with E-state index in [2.05, 4.69) is 29.6 Å². The Hall–Kier alpha value is -2.48. The molecular weight excluding hydrogens is 396 g/mol. The zero-order valence-corrected chi connectivity index (χ0v) is 18.6. The maximum Gasteiger partial charge on any atom is 0.280 e. The van der Waals surface area contributed by atoms with Gasteiger partial charge in [-0.05, 0) is 30.5 Å². The minimum atomic E-state index is -0.473. The Balaban J connectivity index is 1.47. The molecule has 0 radical (unpaired) electrons. The molecule has 0 atom stereocenters. The van der Waals surface area contributed by atoms with Crippen LogP contribution in [-0.4, -0.2) is 51.1 Å². The summed E-state index contributed by atoms with van der Waals surface area (Å²) < 4.78 is 0. The van der Waals surface area contributed by atoms with Crippen molar-refractivity contribution in [1.82, 2.24) is 0 Å². The van der Waals surface area contributed by atoms with E-state index < -0.39 is 5.91 Å². The van der Waals surface area contributed by atoms with Crippen molar-refractivity contribution in [2.45, 2.75) is 20.3 Å². The lowest BCUT2D eigenvalue weighted by atomic mass is 10.1. The van der Waals surface area contributed by atoms with Crippen LogP contribution in [0.5, 0.6) is 0 Å². The van der Waals surface area contributed by atoms with Crippen LogP contribution in [0.1, 0.15) is 33.3 Å². The molecule has 0 saturated carbocycles. The summed E-state index contributed by atoms with van der Waals surface area (Å²) in [5.41, 5.74) is 8.20. The molecule has 0 spiro atoms. The summed E-state index contributed by atoms with van der Waals surface area (Å²) in [6, 6.07) is 10.3. The Morgan fingerprint density at radius 2 is 1.80 bits per heavy atom. The summed E-state index contributed by atoms with van der Waals surface area (Å²) in [6.07, 6.45) is 5.13. The van der Waals surface area contributed by atoms with Gasteiger partial charge in [0, 0.05) is 4.88 Å². The van der Waals surface area contributed by atoms with Crippen molar-refractivity contribution in [1.29, 1.82) is 0 Å². The van der Waals surface area contributed by atoms with E-state index in [9.17, 15) is 9.59 Å². The highest BCUT2D eigenvalue weighted by Gasteiger charge is 2.26. The average molecular weight is 429 g/mol. The molecule has 1 fully saturated rings. The highest BCUT2D eigenvalue weighted by atomic mass is 32.1. The number of hydrogen-bond acceptors (Lipinski definition) is 3. The Bertz CT molecular complexity index is 899. The van der Waals surface area contributed by atoms with Crippen LogP contribution in [0.25, 0.3) is 6.08 Å². The summed E-state index contributed by atoms with van der Waals surface area (Å²) >= 11 is 1.44. The number of quaternary nitrogens is 2. The van der Waals surface area contributed by atoms with Crippen molar-refractivity contribution in [2.24, 2.45) is 5.73 Å². The van der Waals surface area contributed by atoms with E-state index in [0.29, 0.717) is 17.1 Å². The third-order valence-corrected chi connectivity index (χ3v) is 6.72. The molecular formula is C23H32N4O2S+2. The molecule has 0 aliphatic carbocycles. The van der Waals surface area contributed by atoms with E-state index in [-0.39, 0.29) is 5.91 Å². The van der Waals surface area contributed by atoms with Gasteiger partial charge in [-0.25, -0.2) is 0 Å². The third kappa shape index (κ3) is 5.78. The Kier molecular flexibility index (Phi) is 7.79. The standard InChI is InChI=1S/C23H30N4O2S/c1-3-19-17(2)30-23(21(19)22(24)29)25-20(28)16-27-14-12-26(13-15-27)11-7-10-18-8-5-4-6-9-18/h4-10H,3,11-16H2,1-2H3,(H2,24,29)(H,25,28)/p+2/b10-7+. The predicted octanol–water partition coefficient (Wildman–Crippen LogP) is 0.153. The zero-order valence-electron chi connectivity index (χ0n) is 17.8. The molecule has 30 heavy (non-hydrogen) atoms. The molecule has 7 heteroatoms. The quantitative estimate of drug-likeness (QED) is 0.483. The van der Waals surface area contributed by atoms with Crippen LogP contribution in [0, 0.1) is 6.92 Å². The van der Waals surface area contributed by atoms with Gasteiger partial charge in [0.1, 0.15) is 31.2 Å². The highest BCUT2D eigenvalue weighted by molar-refractivity contribution is 7.16. The van der Waals surface area contributed by atoms with Crippen molar-refractivity contribution in [3.05, 3.63) is 58.0 Å². The maximum atomic E-state index is 12.6. The van der Waals surface area contributed by atoms with Crippen LogP contribution in [-0.2, 0) is 11.2 Å². The van der Waals surface area contributed by atoms with Crippen LogP contribution in [0.15, 0.2) is 36.4 Å². The Labute approximate surface area is 182 Å². The summed E-state index contributed by atoms with van der Waals surface area (Å²) in [6.45, 7) is 9.41. The van der Waals surface area contributed by atoms with Gasteiger partial charge in [-0.3, -0.25) is 9.59 Å². The topological polar surface area (TPSA) is 81.1 Å². The largest absolute Gasteiger partial charge is 0.365 e. The summed E-state index contributed by atoms with van der Waals surface area (Å²) in [7, 11) is 0. The number of carbonyl (C=O) groups excluding carboxylic acids is 2. The van der Waals surface area contributed by atoms with E-state index >= 15 is 0 Å². The number of nitrogens with two attached hydrogens (primary N) is 1. The molecule has 0 unspecified atom stereocenters. The van der Waals surface area contributed by atoms with Gasteiger partial charge in [-0.2, -0.15) is 0 Å². The summed E-state index contributed by atoms with van der Waals surface area (Å²) in [5, 5.41) is 3.53. The summed E-state index contributed by atoms with van der Waals surface area (Å²) in [4.78, 5) is 28.3. The lowest BCUT2D eigenvalue weighted by Gasteiger charge is -2.28. The second-order valence-electron chi connectivity index (χ2n) is 7.80. The number of rotatable bonds is 8. The average Bonchev–Trinajstić information content (AvgIpc) is 3.05. The molecule has 1 aromatic heterocycles. The fourth-order valence-corrected chi connectivity index (χ4v) is 5.18. The van der Waals surface area contributed by atoms with Crippen LogP contribution >= 0.6 is 11.3 Å². The molecule has 6 nitrogen and oxygen atoms in total. The van der Waals surface area contributed by atoms with Gasteiger partial charge >= 0.3 is 0 Å². The van der Waals surface area contributed by atoms with Gasteiger partial charge in [0.2, 0.25) is 0 Å². The summed E-state index contributed by atoms with van der Waals surface area (Å²) in [5.74, 6) is -0.525. The van der Waals surface area contributed by atoms with E-state index in [0.717, 1.165) is 49.6 Å². The van der Waals surface area contributed by atoms with Gasteiger partial charge in [0.15, 0.2) is 6.54 Å².